The number of hydrogen-bond acceptors (Lipinski definition) is 15. The first-order valence-corrected chi connectivity index (χ1v) is 45.6. The number of hydrogen-bond donors (Lipinski definition) is 3. The minimum Gasteiger partial charge on any atom is -0.462 e. The first-order valence-electron chi connectivity index (χ1n) is 42.6. The summed E-state index contributed by atoms with van der Waals surface area (Å²) in [5.74, 6) is -2.55. The minimum atomic E-state index is -5.05. The van der Waals surface area contributed by atoms with Crippen LogP contribution in [0.1, 0.15) is 259 Å². The lowest BCUT2D eigenvalue weighted by molar-refractivity contribution is -0.161. The van der Waals surface area contributed by atoms with E-state index in [-0.39, 0.29) is 25.7 Å². The summed E-state index contributed by atoms with van der Waals surface area (Å²) in [7, 11) is -10.1. The molecule has 0 bridgehead atoms. The van der Waals surface area contributed by atoms with Gasteiger partial charge in [-0.25, -0.2) is 9.13 Å². The van der Waals surface area contributed by atoms with Gasteiger partial charge in [-0.2, -0.15) is 0 Å². The van der Waals surface area contributed by atoms with Crippen LogP contribution < -0.4 is 0 Å². The van der Waals surface area contributed by atoms with Crippen LogP contribution >= 0.6 is 15.6 Å². The van der Waals surface area contributed by atoms with Crippen LogP contribution in [0.15, 0.2) is 267 Å². The Labute approximate surface area is 700 Å². The monoisotopic (exact) mass is 1650 g/mol. The Hall–Kier alpha value is -7.66. The molecular formula is C97H146O17P2. The minimum absolute atomic E-state index is 0.00500. The average molecular weight is 1650 g/mol. The van der Waals surface area contributed by atoms with Crippen LogP contribution in [0.2, 0.25) is 0 Å². The summed E-state index contributed by atoms with van der Waals surface area (Å²) in [6.45, 7) is 4.16. The zero-order valence-corrected chi connectivity index (χ0v) is 72.6. The van der Waals surface area contributed by atoms with Crippen molar-refractivity contribution in [3.63, 3.8) is 0 Å². The van der Waals surface area contributed by atoms with E-state index in [1.54, 1.807) is 0 Å². The molecule has 19 heteroatoms. The molecule has 0 fully saturated rings. The summed E-state index contributed by atoms with van der Waals surface area (Å²) in [5, 5.41) is 10.7. The number of esters is 4. The molecule has 0 spiro atoms. The molecule has 0 aliphatic heterocycles. The van der Waals surface area contributed by atoms with E-state index in [9.17, 15) is 43.2 Å². The number of carbonyl (C=O) groups excluding carboxylic acids is 4. The van der Waals surface area contributed by atoms with Crippen LogP contribution in [-0.2, 0) is 65.4 Å². The second-order valence-electron chi connectivity index (χ2n) is 26.9. The lowest BCUT2D eigenvalue weighted by atomic mass is 10.1. The fourth-order valence-corrected chi connectivity index (χ4v) is 11.4. The zero-order chi connectivity index (χ0) is 84.5. The van der Waals surface area contributed by atoms with E-state index in [1.165, 1.54) is 19.3 Å². The number of aliphatic hydroxyl groups excluding tert-OH is 1. The maximum Gasteiger partial charge on any atom is 0.472 e. The first kappa shape index (κ1) is 108. The Kier molecular flexibility index (Phi) is 79.6. The van der Waals surface area contributed by atoms with Gasteiger partial charge in [0.05, 0.1) is 26.4 Å². The number of rotatable bonds is 76. The molecule has 0 aromatic heterocycles. The molecule has 0 aliphatic rings. The van der Waals surface area contributed by atoms with Gasteiger partial charge < -0.3 is 33.8 Å². The van der Waals surface area contributed by atoms with E-state index in [2.05, 4.69) is 240 Å². The molecule has 0 saturated carbocycles. The summed E-state index contributed by atoms with van der Waals surface area (Å²) in [6, 6.07) is 0. The van der Waals surface area contributed by atoms with E-state index in [0.717, 1.165) is 141 Å². The maximum absolute atomic E-state index is 13.2. The molecule has 2 unspecified atom stereocenters. The topological polar surface area (TPSA) is 237 Å². The van der Waals surface area contributed by atoms with Crippen molar-refractivity contribution in [1.29, 1.82) is 0 Å². The summed E-state index contributed by atoms with van der Waals surface area (Å²) >= 11 is 0. The van der Waals surface area contributed by atoms with Crippen LogP contribution in [-0.4, -0.2) is 96.7 Å². The van der Waals surface area contributed by atoms with Crippen LogP contribution in [0.4, 0.5) is 0 Å². The van der Waals surface area contributed by atoms with E-state index < -0.39 is 97.5 Å². The number of aliphatic hydroxyl groups is 1. The van der Waals surface area contributed by atoms with E-state index in [4.69, 9.17) is 37.0 Å². The molecule has 646 valence electrons. The third-order valence-electron chi connectivity index (χ3n) is 16.2. The van der Waals surface area contributed by atoms with Crippen molar-refractivity contribution in [2.45, 2.75) is 277 Å². The van der Waals surface area contributed by atoms with Gasteiger partial charge in [0.15, 0.2) is 12.2 Å². The van der Waals surface area contributed by atoms with Crippen molar-refractivity contribution in [2.75, 3.05) is 39.6 Å². The number of carbonyl (C=O) groups is 4. The van der Waals surface area contributed by atoms with Crippen molar-refractivity contribution in [3.8, 4) is 0 Å². The quantitative estimate of drug-likeness (QED) is 0.0169. The van der Waals surface area contributed by atoms with Gasteiger partial charge in [-0.05, 0) is 186 Å². The number of unbranched alkanes of at least 4 members (excludes halogenated alkanes) is 6. The number of allylic oxidation sites excluding steroid dienone is 44. The van der Waals surface area contributed by atoms with Gasteiger partial charge in [-0.3, -0.25) is 37.3 Å². The Morgan fingerprint density at radius 1 is 0.250 bits per heavy atom. The molecule has 0 radical (unpaired) electrons. The predicted octanol–water partition coefficient (Wildman–Crippen LogP) is 25.9. The first-order chi connectivity index (χ1) is 56.7. The molecule has 0 aromatic rings. The maximum atomic E-state index is 13.2. The highest BCUT2D eigenvalue weighted by atomic mass is 31.2. The highest BCUT2D eigenvalue weighted by Crippen LogP contribution is 2.45. The molecule has 116 heavy (non-hydrogen) atoms. The second-order valence-corrected chi connectivity index (χ2v) is 29.8. The lowest BCUT2D eigenvalue weighted by Crippen LogP contribution is -2.30. The number of phosphoric ester groups is 2. The Morgan fingerprint density at radius 3 is 0.724 bits per heavy atom. The molecule has 0 rings (SSSR count). The molecule has 5 atom stereocenters. The molecule has 0 amide bonds. The van der Waals surface area contributed by atoms with Crippen LogP contribution in [0, 0.1) is 0 Å². The highest BCUT2D eigenvalue weighted by Gasteiger charge is 2.30. The van der Waals surface area contributed by atoms with Crippen LogP contribution in [0.5, 0.6) is 0 Å². The van der Waals surface area contributed by atoms with Crippen LogP contribution in [0.25, 0.3) is 0 Å². The smallest absolute Gasteiger partial charge is 0.462 e. The fourth-order valence-electron chi connectivity index (χ4n) is 9.87. The lowest BCUT2D eigenvalue weighted by Gasteiger charge is -2.21. The van der Waals surface area contributed by atoms with Gasteiger partial charge in [-0.15, -0.1) is 0 Å². The fraction of sp³-hybridized carbons (Fsp3) is 0.505. The molecule has 0 heterocycles. The molecule has 0 saturated heterocycles. The average Bonchev–Trinajstić information content (AvgIpc) is 0.898. The van der Waals surface area contributed by atoms with Gasteiger partial charge >= 0.3 is 39.5 Å². The van der Waals surface area contributed by atoms with Gasteiger partial charge in [0.1, 0.15) is 19.3 Å². The predicted molar refractivity (Wildman–Crippen MR) is 481 cm³/mol. The molecule has 0 aromatic carbocycles. The summed E-state index contributed by atoms with van der Waals surface area (Å²) in [6.07, 6.45) is 115. The van der Waals surface area contributed by atoms with E-state index in [0.29, 0.717) is 44.9 Å². The zero-order valence-electron chi connectivity index (χ0n) is 70.8. The largest absolute Gasteiger partial charge is 0.472 e. The number of phosphoric acid groups is 2. The van der Waals surface area contributed by atoms with Crippen LogP contribution in [0.3, 0.4) is 0 Å². The Morgan fingerprint density at radius 2 is 0.466 bits per heavy atom. The van der Waals surface area contributed by atoms with Crippen molar-refractivity contribution in [1.82, 2.24) is 0 Å². The van der Waals surface area contributed by atoms with Gasteiger partial charge in [0, 0.05) is 25.7 Å². The van der Waals surface area contributed by atoms with E-state index >= 15 is 0 Å². The Bertz CT molecular complexity index is 3260. The standard InChI is InChI=1S/C97H146O17P2/c1-5-9-13-17-21-25-29-33-37-41-45-49-53-57-61-65-69-73-77-81-94(99)107-87-92(113-96(101)83-79-75-71-67-63-59-55-51-47-43-39-35-31-27-23-19-15-11-7-3)89-111-115(103,104)109-85-91(98)86-110-116(105,106)112-90-93(114-97(102)84-80-76-72-68-64-60-56-52-48-44-40-36-32-28-24-20-16-12-8-4)88-108-95(100)82-78-74-70-66-62-58-54-50-46-42-38-34-30-26-22-18-14-10-6-2/h9,11-13,15-16,21-28,33-40,45-52,57-64,69-71,73-75,91-93,98H,5-8,10,14,17-20,29-32,41-44,53-56,65-68,72,76-90H2,1-4H3,(H,103,104)(H,105,106)/b13-9-,15-11-,16-12-,25-21-,26-22-,27-23-,28-24-,37-33-,38-34-,39-35-,40-36-,49-45-,50-46-,51-47-,52-48-,61-57-,62-58-,63-59-,64-60-,73-69-,74-70-,75-71-/t91-,92-,93-/m1/s1. The van der Waals surface area contributed by atoms with Gasteiger partial charge in [0.2, 0.25) is 0 Å². The molecule has 0 aliphatic carbocycles. The molecule has 3 N–H and O–H groups in total. The molecular weight excluding hydrogens is 1500 g/mol. The normalized spacial score (nSPS) is 15.1. The van der Waals surface area contributed by atoms with Crippen molar-refractivity contribution < 1.29 is 80.2 Å². The summed E-state index contributed by atoms with van der Waals surface area (Å²) in [5.41, 5.74) is 0. The van der Waals surface area contributed by atoms with Crippen molar-refractivity contribution in [3.05, 3.63) is 267 Å². The molecule has 17 nitrogen and oxygen atoms in total. The summed E-state index contributed by atoms with van der Waals surface area (Å²) < 4.78 is 68.5. The SMILES string of the molecule is CC/C=C\C/C=C\C/C=C\C/C=C\C/C=C\C/C=C\CCC(=O)OC[C@H](COP(=O)(O)OC[C@@H](O)COP(=O)(O)OC[C@@H](COC(=O)CC/C=C\C/C=C\C/C=C\C/C=C\C/C=C\CCCCC)OC(=O)CCCCC/C=C\C/C=C\C/C=C\C/C=C\C/C=C\CC)OC(=O)CC/C=C\C/C=C\C/C=C\C/C=C\C/C=C\C/C=C\CC. The third kappa shape index (κ3) is 84.3. The van der Waals surface area contributed by atoms with Crippen molar-refractivity contribution in [2.24, 2.45) is 0 Å². The summed E-state index contributed by atoms with van der Waals surface area (Å²) in [4.78, 5) is 73.2. The van der Waals surface area contributed by atoms with Gasteiger partial charge in [0.25, 0.3) is 0 Å². The van der Waals surface area contributed by atoms with E-state index in [1.807, 2.05) is 54.7 Å². The second kappa shape index (κ2) is 85.2. The van der Waals surface area contributed by atoms with Gasteiger partial charge in [-0.1, -0.05) is 314 Å². The Balaban J connectivity index is 5.67. The van der Waals surface area contributed by atoms with Crippen molar-refractivity contribution >= 4 is 39.5 Å². The number of ether oxygens (including phenoxy) is 4. The third-order valence-corrected chi connectivity index (χ3v) is 18.1. The highest BCUT2D eigenvalue weighted by molar-refractivity contribution is 7.47.